The lowest BCUT2D eigenvalue weighted by molar-refractivity contribution is -0.134. The van der Waals surface area contributed by atoms with Crippen LogP contribution < -0.4 is 5.73 Å². The Morgan fingerprint density at radius 3 is 2.47 bits per heavy atom. The van der Waals surface area contributed by atoms with Crippen LogP contribution in [0.5, 0.6) is 0 Å². The van der Waals surface area contributed by atoms with Gasteiger partial charge in [-0.2, -0.15) is 0 Å². The van der Waals surface area contributed by atoms with E-state index in [9.17, 15) is 4.79 Å². The Hall–Kier alpha value is -0.750. The van der Waals surface area contributed by atoms with Gasteiger partial charge in [-0.1, -0.05) is 32.5 Å². The van der Waals surface area contributed by atoms with Gasteiger partial charge in [0.25, 0.3) is 0 Å². The van der Waals surface area contributed by atoms with Crippen LogP contribution in [0.3, 0.4) is 0 Å². The zero-order valence-corrected chi connectivity index (χ0v) is 12.8. The second-order valence-corrected chi connectivity index (χ2v) is 7.04. The predicted octanol–water partition coefficient (Wildman–Crippen LogP) is 0.605. The first kappa shape index (κ1) is 14.7. The summed E-state index contributed by atoms with van der Waals surface area (Å²) in [6.45, 7) is 10.3. The van der Waals surface area contributed by atoms with Gasteiger partial charge >= 0.3 is 0 Å². The molecule has 0 aliphatic carbocycles. The predicted molar refractivity (Wildman–Crippen MR) is 80.3 cm³/mol. The van der Waals surface area contributed by atoms with Gasteiger partial charge in [0, 0.05) is 31.4 Å². The van der Waals surface area contributed by atoms with Gasteiger partial charge in [0.15, 0.2) is 5.17 Å². The first-order valence-electron chi connectivity index (χ1n) is 6.99. The molecule has 2 aliphatic rings. The van der Waals surface area contributed by atoms with Crippen molar-refractivity contribution in [2.24, 2.45) is 16.6 Å². The molecule has 0 aromatic rings. The second kappa shape index (κ2) is 6.13. The highest BCUT2D eigenvalue weighted by molar-refractivity contribution is 8.14. The maximum atomic E-state index is 12.2. The van der Waals surface area contributed by atoms with Crippen LogP contribution in [0.15, 0.2) is 4.99 Å². The van der Waals surface area contributed by atoms with Gasteiger partial charge in [-0.15, -0.1) is 0 Å². The molecule has 1 fully saturated rings. The van der Waals surface area contributed by atoms with Gasteiger partial charge in [-0.25, -0.2) is 0 Å². The van der Waals surface area contributed by atoms with Crippen molar-refractivity contribution in [1.82, 2.24) is 9.80 Å². The molecule has 1 unspecified atom stereocenters. The van der Waals surface area contributed by atoms with Gasteiger partial charge in [0.2, 0.25) is 5.91 Å². The summed E-state index contributed by atoms with van der Waals surface area (Å²) in [5.74, 6) is 0.283. The highest BCUT2D eigenvalue weighted by Crippen LogP contribution is 2.23. The summed E-state index contributed by atoms with van der Waals surface area (Å²) in [4.78, 5) is 20.9. The van der Waals surface area contributed by atoms with Gasteiger partial charge < -0.3 is 15.5 Å². The van der Waals surface area contributed by atoms with Crippen molar-refractivity contribution >= 4 is 22.8 Å². The Labute approximate surface area is 119 Å². The van der Waals surface area contributed by atoms with E-state index in [0.29, 0.717) is 5.25 Å². The molecule has 0 radical (unpaired) electrons. The molecule has 1 amide bonds. The van der Waals surface area contributed by atoms with Crippen molar-refractivity contribution in [2.45, 2.75) is 32.1 Å². The molecule has 5 nitrogen and oxygen atoms in total. The molecule has 19 heavy (non-hydrogen) atoms. The Balaban J connectivity index is 1.84. The van der Waals surface area contributed by atoms with Crippen molar-refractivity contribution < 1.29 is 4.79 Å². The molecular weight excluding hydrogens is 260 g/mol. The zero-order chi connectivity index (χ0) is 14.0. The molecule has 6 heteroatoms. The Morgan fingerprint density at radius 1 is 1.37 bits per heavy atom. The third-order valence-corrected chi connectivity index (χ3v) is 4.81. The van der Waals surface area contributed by atoms with Crippen molar-refractivity contribution in [3.8, 4) is 0 Å². The highest BCUT2D eigenvalue weighted by atomic mass is 32.2. The Bertz CT molecular complexity index is 364. The number of rotatable bonds is 2. The molecule has 2 N–H and O–H groups in total. The minimum absolute atomic E-state index is 0.0871. The van der Waals surface area contributed by atoms with Crippen molar-refractivity contribution in [3.05, 3.63) is 0 Å². The van der Waals surface area contributed by atoms with E-state index in [1.54, 1.807) is 0 Å². The Morgan fingerprint density at radius 2 is 2.00 bits per heavy atom. The monoisotopic (exact) mass is 284 g/mol. The average Bonchev–Trinajstić information content (AvgIpc) is 2.84. The van der Waals surface area contributed by atoms with E-state index in [4.69, 9.17) is 5.73 Å². The van der Waals surface area contributed by atoms with Crippen molar-refractivity contribution in [2.75, 3.05) is 32.7 Å². The number of amides is 1. The van der Waals surface area contributed by atoms with Crippen LogP contribution in [-0.2, 0) is 4.79 Å². The topological polar surface area (TPSA) is 61.9 Å². The van der Waals surface area contributed by atoms with E-state index in [-0.39, 0.29) is 17.9 Å². The van der Waals surface area contributed by atoms with Crippen LogP contribution in [0, 0.1) is 5.92 Å². The van der Waals surface area contributed by atoms with Crippen molar-refractivity contribution in [1.29, 1.82) is 0 Å². The molecule has 2 rings (SSSR count). The maximum Gasteiger partial charge on any atom is 0.239 e. The lowest BCUT2D eigenvalue weighted by Crippen LogP contribution is -2.54. The molecule has 108 valence electrons. The lowest BCUT2D eigenvalue weighted by atomic mass is 10.0. The van der Waals surface area contributed by atoms with E-state index in [2.05, 4.69) is 16.8 Å². The standard InChI is InChI=1S/C13H24N4OS/c1-9(2)11(14)12(18)16-4-6-17(7-5-16)13-15-8-10(3)19-13/h9-11H,4-8,14H2,1-3H3/t10?,11-/m0/s1. The summed E-state index contributed by atoms with van der Waals surface area (Å²) < 4.78 is 0. The number of aliphatic imine (C=N–C) groups is 1. The summed E-state index contributed by atoms with van der Waals surface area (Å²) in [7, 11) is 0. The van der Waals surface area contributed by atoms with Crippen LogP contribution in [0.4, 0.5) is 0 Å². The Kier molecular flexibility index (Phi) is 4.73. The summed E-state index contributed by atoms with van der Waals surface area (Å²) in [6.07, 6.45) is 0. The minimum atomic E-state index is -0.371. The van der Waals surface area contributed by atoms with E-state index >= 15 is 0 Å². The van der Waals surface area contributed by atoms with E-state index in [1.165, 1.54) is 0 Å². The van der Waals surface area contributed by atoms with E-state index in [1.807, 2.05) is 30.5 Å². The number of piperazine rings is 1. The number of amidine groups is 1. The molecule has 1 saturated heterocycles. The lowest BCUT2D eigenvalue weighted by Gasteiger charge is -2.37. The number of hydrogen-bond donors (Lipinski definition) is 1. The molecule has 0 aromatic carbocycles. The molecule has 0 saturated carbocycles. The normalized spacial score (nSPS) is 25.7. The molecule has 2 aliphatic heterocycles. The molecule has 2 atom stereocenters. The quantitative estimate of drug-likeness (QED) is 0.807. The molecule has 2 heterocycles. The number of carbonyl (C=O) groups is 1. The fourth-order valence-electron chi connectivity index (χ4n) is 2.25. The number of carbonyl (C=O) groups excluding carboxylic acids is 1. The average molecular weight is 284 g/mol. The fourth-order valence-corrected chi connectivity index (χ4v) is 3.24. The first-order chi connectivity index (χ1) is 8.99. The number of thioether (sulfide) groups is 1. The number of nitrogens with zero attached hydrogens (tertiary/aromatic N) is 3. The van der Waals surface area contributed by atoms with Gasteiger partial charge in [-0.05, 0) is 5.92 Å². The van der Waals surface area contributed by atoms with E-state index in [0.717, 1.165) is 37.9 Å². The third-order valence-electron chi connectivity index (χ3n) is 3.66. The smallest absolute Gasteiger partial charge is 0.239 e. The molecule has 0 bridgehead atoms. The summed E-state index contributed by atoms with van der Waals surface area (Å²) in [5.41, 5.74) is 5.93. The van der Waals surface area contributed by atoms with Crippen LogP contribution >= 0.6 is 11.8 Å². The zero-order valence-electron chi connectivity index (χ0n) is 12.0. The SMILES string of the molecule is CC1CN=C(N2CCN(C(=O)[C@@H](N)C(C)C)CC2)S1. The van der Waals surface area contributed by atoms with E-state index < -0.39 is 0 Å². The maximum absolute atomic E-state index is 12.2. The van der Waals surface area contributed by atoms with Crippen LogP contribution in [-0.4, -0.2) is 64.9 Å². The van der Waals surface area contributed by atoms with Crippen LogP contribution in [0.25, 0.3) is 0 Å². The summed E-state index contributed by atoms with van der Waals surface area (Å²) >= 11 is 1.84. The molecular formula is C13H24N4OS. The van der Waals surface area contributed by atoms with Gasteiger partial charge in [0.05, 0.1) is 12.6 Å². The third kappa shape index (κ3) is 3.42. The first-order valence-corrected chi connectivity index (χ1v) is 7.87. The summed E-state index contributed by atoms with van der Waals surface area (Å²) in [6, 6.07) is -0.371. The minimum Gasteiger partial charge on any atom is -0.348 e. The number of hydrogen-bond acceptors (Lipinski definition) is 5. The molecule has 0 spiro atoms. The fraction of sp³-hybridized carbons (Fsp3) is 0.846. The largest absolute Gasteiger partial charge is 0.348 e. The van der Waals surface area contributed by atoms with Crippen molar-refractivity contribution in [3.63, 3.8) is 0 Å². The molecule has 0 aromatic heterocycles. The van der Waals surface area contributed by atoms with Gasteiger partial charge in [-0.3, -0.25) is 9.79 Å². The highest BCUT2D eigenvalue weighted by Gasteiger charge is 2.29. The van der Waals surface area contributed by atoms with Gasteiger partial charge in [0.1, 0.15) is 0 Å². The van der Waals surface area contributed by atoms with Crippen LogP contribution in [0.2, 0.25) is 0 Å². The van der Waals surface area contributed by atoms with Crippen LogP contribution in [0.1, 0.15) is 20.8 Å². The summed E-state index contributed by atoms with van der Waals surface area (Å²) in [5, 5.41) is 1.73. The number of nitrogens with two attached hydrogens (primary N) is 1. The second-order valence-electron chi connectivity index (χ2n) is 5.63.